The first kappa shape index (κ1) is 29.3. The van der Waals surface area contributed by atoms with Crippen molar-refractivity contribution in [2.75, 3.05) is 24.2 Å². The van der Waals surface area contributed by atoms with Crippen LogP contribution < -0.4 is 16.0 Å². The van der Waals surface area contributed by atoms with Crippen molar-refractivity contribution in [3.63, 3.8) is 0 Å². The number of hydrogen-bond acceptors (Lipinski definition) is 5. The first-order valence-corrected chi connectivity index (χ1v) is 13.4. The van der Waals surface area contributed by atoms with Crippen LogP contribution in [-0.2, 0) is 27.2 Å². The summed E-state index contributed by atoms with van der Waals surface area (Å²) >= 11 is 0. The van der Waals surface area contributed by atoms with E-state index in [4.69, 9.17) is 5.11 Å². The number of likely N-dealkylation sites (N-methyl/N-ethyl adjacent to an activating group) is 1. The zero-order valence-corrected chi connectivity index (χ0v) is 22.7. The summed E-state index contributed by atoms with van der Waals surface area (Å²) in [5, 5.41) is 26.9. The Kier molecular flexibility index (Phi) is 9.70. The van der Waals surface area contributed by atoms with E-state index in [1.807, 2.05) is 54.4 Å². The Hall–Kier alpha value is -4.70. The van der Waals surface area contributed by atoms with Gasteiger partial charge in [-0.25, -0.2) is 9.59 Å². The van der Waals surface area contributed by atoms with Crippen molar-refractivity contribution in [2.45, 2.75) is 43.7 Å². The molecule has 1 saturated heterocycles. The number of aliphatic carboxylic acids is 2. The molecule has 41 heavy (non-hydrogen) atoms. The largest absolute Gasteiger partial charge is 0.481 e. The van der Waals surface area contributed by atoms with Crippen molar-refractivity contribution in [1.82, 2.24) is 10.2 Å². The van der Waals surface area contributed by atoms with Gasteiger partial charge < -0.3 is 26.2 Å². The second kappa shape index (κ2) is 13.6. The Morgan fingerprint density at radius 2 is 1.46 bits per heavy atom. The Balaban J connectivity index is 1.31. The summed E-state index contributed by atoms with van der Waals surface area (Å²) < 4.78 is 0. The molecule has 3 atom stereocenters. The van der Waals surface area contributed by atoms with Gasteiger partial charge in [-0.05, 0) is 66.8 Å². The normalized spacial score (nSPS) is 17.4. The fourth-order valence-corrected chi connectivity index (χ4v) is 5.00. The molecular formula is C31H34N4O6. The highest BCUT2D eigenvalue weighted by Gasteiger charge is 2.36. The van der Waals surface area contributed by atoms with Crippen LogP contribution in [-0.4, -0.2) is 64.7 Å². The van der Waals surface area contributed by atoms with Crippen molar-refractivity contribution in [1.29, 1.82) is 0 Å². The summed E-state index contributed by atoms with van der Waals surface area (Å²) in [5.74, 6) is -2.26. The van der Waals surface area contributed by atoms with Crippen molar-refractivity contribution in [3.8, 4) is 0 Å². The maximum atomic E-state index is 13.1. The Morgan fingerprint density at radius 1 is 0.854 bits per heavy atom. The second-order valence-electron chi connectivity index (χ2n) is 10.3. The number of para-hydroxylation sites is 1. The van der Waals surface area contributed by atoms with Gasteiger partial charge in [-0.1, -0.05) is 54.6 Å². The molecule has 1 heterocycles. The van der Waals surface area contributed by atoms with Gasteiger partial charge in [-0.3, -0.25) is 14.5 Å². The number of benzene rings is 3. The maximum Gasteiger partial charge on any atom is 0.326 e. The minimum Gasteiger partial charge on any atom is -0.481 e. The summed E-state index contributed by atoms with van der Waals surface area (Å²) in [7, 11) is 1.85. The van der Waals surface area contributed by atoms with E-state index in [9.17, 15) is 24.3 Å². The van der Waals surface area contributed by atoms with Crippen LogP contribution in [0.2, 0.25) is 0 Å². The lowest BCUT2D eigenvalue weighted by Gasteiger charge is -2.22. The van der Waals surface area contributed by atoms with Gasteiger partial charge in [0.05, 0.1) is 6.04 Å². The van der Waals surface area contributed by atoms with Crippen LogP contribution in [0.4, 0.5) is 16.2 Å². The Morgan fingerprint density at radius 3 is 2.07 bits per heavy atom. The first-order valence-electron chi connectivity index (χ1n) is 13.4. The second-order valence-corrected chi connectivity index (χ2v) is 10.3. The summed E-state index contributed by atoms with van der Waals surface area (Å²) in [6.45, 7) is 0.634. The average molecular weight is 559 g/mol. The van der Waals surface area contributed by atoms with Gasteiger partial charge in [0, 0.05) is 30.8 Å². The molecular weight excluding hydrogens is 524 g/mol. The number of urea groups is 1. The van der Waals surface area contributed by atoms with E-state index in [1.54, 1.807) is 36.4 Å². The third kappa shape index (κ3) is 8.39. The number of carbonyl (C=O) groups is 4. The van der Waals surface area contributed by atoms with Gasteiger partial charge in [-0.2, -0.15) is 0 Å². The first-order chi connectivity index (χ1) is 19.7. The number of carboxylic acid groups (broad SMARTS) is 2. The van der Waals surface area contributed by atoms with Gasteiger partial charge in [-0.15, -0.1) is 0 Å². The van der Waals surface area contributed by atoms with Gasteiger partial charge >= 0.3 is 18.0 Å². The molecule has 1 fully saturated rings. The summed E-state index contributed by atoms with van der Waals surface area (Å²) in [6, 6.07) is 21.8. The molecule has 0 saturated carbocycles. The quantitative estimate of drug-likeness (QED) is 0.239. The molecule has 1 aliphatic heterocycles. The summed E-state index contributed by atoms with van der Waals surface area (Å²) in [6.07, 6.45) is 1.07. The average Bonchev–Trinajstić information content (AvgIpc) is 3.34. The highest BCUT2D eigenvalue weighted by Crippen LogP contribution is 2.31. The highest BCUT2D eigenvalue weighted by molar-refractivity contribution is 5.99. The number of likely N-dealkylation sites (tertiary alicyclic amines) is 1. The molecule has 0 radical (unpaired) electrons. The van der Waals surface area contributed by atoms with Gasteiger partial charge in [0.1, 0.15) is 6.04 Å². The van der Waals surface area contributed by atoms with Crippen LogP contribution >= 0.6 is 0 Å². The van der Waals surface area contributed by atoms with E-state index < -0.39 is 24.0 Å². The lowest BCUT2D eigenvalue weighted by atomic mass is 9.95. The molecule has 10 nitrogen and oxygen atoms in total. The minimum absolute atomic E-state index is 0.0238. The topological polar surface area (TPSA) is 148 Å². The molecule has 0 aromatic heterocycles. The van der Waals surface area contributed by atoms with E-state index in [0.29, 0.717) is 30.8 Å². The van der Waals surface area contributed by atoms with Gasteiger partial charge in [0.2, 0.25) is 5.91 Å². The Bertz CT molecular complexity index is 1360. The molecule has 3 unspecified atom stereocenters. The third-order valence-corrected chi connectivity index (χ3v) is 7.23. The maximum absolute atomic E-state index is 13.1. The predicted molar refractivity (Wildman–Crippen MR) is 155 cm³/mol. The molecule has 0 bridgehead atoms. The smallest absolute Gasteiger partial charge is 0.326 e. The monoisotopic (exact) mass is 558 g/mol. The van der Waals surface area contributed by atoms with Crippen LogP contribution in [0.1, 0.15) is 35.4 Å². The van der Waals surface area contributed by atoms with Crippen molar-refractivity contribution in [2.24, 2.45) is 0 Å². The number of aryl methyl sites for hydroxylation is 1. The lowest BCUT2D eigenvalue weighted by Crippen LogP contribution is -2.49. The van der Waals surface area contributed by atoms with Gasteiger partial charge in [0.15, 0.2) is 0 Å². The number of carboxylic acids is 2. The number of nitrogens with zero attached hydrogens (tertiary/aromatic N) is 1. The number of amides is 3. The van der Waals surface area contributed by atoms with Crippen molar-refractivity contribution < 1.29 is 29.4 Å². The van der Waals surface area contributed by atoms with Gasteiger partial charge in [0.25, 0.3) is 0 Å². The molecule has 1 aliphatic rings. The highest BCUT2D eigenvalue weighted by atomic mass is 16.4. The number of nitrogens with one attached hydrogen (secondary N) is 3. The minimum atomic E-state index is -1.12. The van der Waals surface area contributed by atoms with E-state index in [2.05, 4.69) is 16.0 Å². The zero-order valence-electron chi connectivity index (χ0n) is 22.7. The van der Waals surface area contributed by atoms with E-state index in [1.165, 1.54) is 0 Å². The molecule has 4 rings (SSSR count). The zero-order chi connectivity index (χ0) is 29.4. The number of rotatable bonds is 11. The van der Waals surface area contributed by atoms with E-state index in [-0.39, 0.29) is 30.7 Å². The molecule has 0 spiro atoms. The molecule has 3 aromatic rings. The number of anilines is 2. The van der Waals surface area contributed by atoms with E-state index >= 15 is 0 Å². The predicted octanol–water partition coefficient (Wildman–Crippen LogP) is 3.95. The SMILES string of the molecule is CN1CC(c2ccc(NC(=O)Nc3ccccc3)cc2)CC1C(=O)NC(Cc1ccc(CCC(=O)O)cc1)C(=O)O. The molecule has 3 amide bonds. The molecule has 5 N–H and O–H groups in total. The van der Waals surface area contributed by atoms with E-state index in [0.717, 1.165) is 16.7 Å². The molecule has 214 valence electrons. The number of hydrogen-bond donors (Lipinski definition) is 5. The molecule has 0 aliphatic carbocycles. The summed E-state index contributed by atoms with van der Waals surface area (Å²) in [4.78, 5) is 50.1. The molecule has 3 aromatic carbocycles. The van der Waals surface area contributed by atoms with Crippen LogP contribution in [0.15, 0.2) is 78.9 Å². The lowest BCUT2D eigenvalue weighted by molar-refractivity contribution is -0.142. The van der Waals surface area contributed by atoms with Crippen molar-refractivity contribution >= 4 is 35.3 Å². The van der Waals surface area contributed by atoms with Crippen LogP contribution in [0.3, 0.4) is 0 Å². The standard InChI is InChI=1S/C31H34N4O6/c1-35-19-23(22-12-14-25(15-13-22)33-31(41)32-24-5-3-2-4-6-24)18-27(35)29(38)34-26(30(39)40)17-21-9-7-20(8-10-21)11-16-28(36)37/h2-10,12-15,23,26-27H,11,16-19H2,1H3,(H,34,38)(H,36,37)(H,39,40)(H2,32,33,41). The third-order valence-electron chi connectivity index (χ3n) is 7.23. The fraction of sp³-hybridized carbons (Fsp3) is 0.290. The molecule has 10 heteroatoms. The van der Waals surface area contributed by atoms with Crippen molar-refractivity contribution in [3.05, 3.63) is 95.6 Å². The summed E-state index contributed by atoms with van der Waals surface area (Å²) in [5.41, 5.74) is 3.95. The van der Waals surface area contributed by atoms with Crippen LogP contribution in [0.5, 0.6) is 0 Å². The Labute approximate surface area is 238 Å². The fourth-order valence-electron chi connectivity index (χ4n) is 5.00. The van der Waals surface area contributed by atoms with Crippen LogP contribution in [0.25, 0.3) is 0 Å². The van der Waals surface area contributed by atoms with Crippen LogP contribution in [0, 0.1) is 0 Å². The number of carbonyl (C=O) groups excluding carboxylic acids is 2.